The Morgan fingerprint density at radius 1 is 0.413 bits per heavy atom. The molecule has 296 valence electrons. The number of benzene rings is 9. The molecule has 0 radical (unpaired) electrons. The van der Waals surface area contributed by atoms with Crippen LogP contribution < -0.4 is 4.90 Å². The molecular weight excluding hydrogens is 761 g/mol. The van der Waals surface area contributed by atoms with Gasteiger partial charge in [0.25, 0.3) is 0 Å². The minimum Gasteiger partial charge on any atom is -0.310 e. The third kappa shape index (κ3) is 6.24. The molecule has 9 aromatic carbocycles. The molecular formula is C61H42N2. The van der Waals surface area contributed by atoms with Crippen molar-refractivity contribution >= 4 is 38.9 Å². The Bertz CT molecular complexity index is 3480. The van der Waals surface area contributed by atoms with Crippen LogP contribution in [0, 0.1) is 24.7 Å². The van der Waals surface area contributed by atoms with Crippen LogP contribution in [-0.4, -0.2) is 4.57 Å². The fourth-order valence-electron chi connectivity index (χ4n) is 9.83. The molecule has 0 atom stereocenters. The number of hydrogen-bond donors (Lipinski definition) is 0. The SMILES string of the molecule is C#Cc1cccc(-c2cccc(-n3c4ccccc4c4cc(-c5ccc(N(c6ccc(-c7ccccc7)cc6)c6ccc7c(c6)C(C)(C)c6ccccc6-7)cc5)ccc43)c2)c1C#C. The Kier molecular flexibility index (Phi) is 8.97. The third-order valence-electron chi connectivity index (χ3n) is 13.0. The van der Waals surface area contributed by atoms with Gasteiger partial charge in [-0.15, -0.1) is 12.8 Å². The van der Waals surface area contributed by atoms with Crippen molar-refractivity contribution in [3.8, 4) is 74.9 Å². The van der Waals surface area contributed by atoms with Crippen LogP contribution in [0.2, 0.25) is 0 Å². The van der Waals surface area contributed by atoms with Gasteiger partial charge in [-0.1, -0.05) is 159 Å². The van der Waals surface area contributed by atoms with Crippen molar-refractivity contribution < 1.29 is 0 Å². The molecule has 2 heteroatoms. The summed E-state index contributed by atoms with van der Waals surface area (Å²) in [6.07, 6.45) is 11.8. The topological polar surface area (TPSA) is 8.17 Å². The van der Waals surface area contributed by atoms with Crippen molar-refractivity contribution in [1.82, 2.24) is 4.57 Å². The summed E-state index contributed by atoms with van der Waals surface area (Å²) in [7, 11) is 0. The van der Waals surface area contributed by atoms with E-state index in [9.17, 15) is 0 Å². The van der Waals surface area contributed by atoms with Gasteiger partial charge in [-0.05, 0) is 128 Å². The standard InChI is InChI=1S/C61H42N2/c1-5-41-18-15-23-52(51(41)6-2)46-19-14-20-49(38-46)63-59-25-13-11-22-55(59)56-39-45(30-37-60(56)63)44-28-33-48(34-29-44)62(47-31-26-43(27-32-47)42-16-8-7-9-17-42)50-35-36-54-53-21-10-12-24-57(53)61(3,4)58(54)40-50/h1-2,7-40H,3-4H3. The number of rotatable bonds is 7. The molecule has 1 aliphatic carbocycles. The maximum atomic E-state index is 5.99. The van der Waals surface area contributed by atoms with E-state index >= 15 is 0 Å². The van der Waals surface area contributed by atoms with E-state index in [4.69, 9.17) is 12.8 Å². The van der Waals surface area contributed by atoms with Crippen molar-refractivity contribution in [3.05, 3.63) is 229 Å². The van der Waals surface area contributed by atoms with E-state index in [0.717, 1.165) is 67.2 Å². The lowest BCUT2D eigenvalue weighted by Gasteiger charge is -2.28. The van der Waals surface area contributed by atoms with E-state index in [1.54, 1.807) is 0 Å². The van der Waals surface area contributed by atoms with E-state index in [1.165, 1.54) is 44.2 Å². The number of hydrogen-bond acceptors (Lipinski definition) is 1. The molecule has 0 unspecified atom stereocenters. The monoisotopic (exact) mass is 802 g/mol. The molecule has 0 aliphatic heterocycles. The number of aromatic nitrogens is 1. The summed E-state index contributed by atoms with van der Waals surface area (Å²) in [5.41, 5.74) is 20.1. The average molecular weight is 803 g/mol. The van der Waals surface area contributed by atoms with Crippen LogP contribution in [0.4, 0.5) is 17.1 Å². The molecule has 0 amide bonds. The quantitative estimate of drug-likeness (QED) is 0.146. The number of nitrogens with zero attached hydrogens (tertiary/aromatic N) is 2. The largest absolute Gasteiger partial charge is 0.310 e. The first-order chi connectivity index (χ1) is 30.9. The minimum atomic E-state index is -0.112. The summed E-state index contributed by atoms with van der Waals surface area (Å²) in [6.45, 7) is 4.69. The molecule has 0 fully saturated rings. The van der Waals surface area contributed by atoms with Gasteiger partial charge < -0.3 is 9.47 Å². The molecule has 0 bridgehead atoms. The van der Waals surface area contributed by atoms with Crippen LogP contribution in [0.1, 0.15) is 36.1 Å². The van der Waals surface area contributed by atoms with Crippen LogP contribution in [0.5, 0.6) is 0 Å². The Hall–Kier alpha value is -8.30. The molecule has 1 aromatic heterocycles. The van der Waals surface area contributed by atoms with Gasteiger partial charge in [-0.25, -0.2) is 0 Å². The summed E-state index contributed by atoms with van der Waals surface area (Å²) < 4.78 is 2.35. The maximum absolute atomic E-state index is 5.99. The predicted octanol–water partition coefficient (Wildman–Crippen LogP) is 15.5. The molecule has 0 saturated carbocycles. The fraction of sp³-hybridized carbons (Fsp3) is 0.0492. The molecule has 1 aliphatic rings. The molecule has 0 N–H and O–H groups in total. The highest BCUT2D eigenvalue weighted by Crippen LogP contribution is 2.51. The zero-order valence-corrected chi connectivity index (χ0v) is 35.2. The third-order valence-corrected chi connectivity index (χ3v) is 13.0. The van der Waals surface area contributed by atoms with E-state index in [0.29, 0.717) is 0 Å². The highest BCUT2D eigenvalue weighted by Gasteiger charge is 2.35. The van der Waals surface area contributed by atoms with Crippen molar-refractivity contribution in [2.24, 2.45) is 0 Å². The Morgan fingerprint density at radius 3 is 1.76 bits per heavy atom. The van der Waals surface area contributed by atoms with Gasteiger partial charge in [0.2, 0.25) is 0 Å². The molecule has 1 heterocycles. The highest BCUT2D eigenvalue weighted by atomic mass is 15.1. The van der Waals surface area contributed by atoms with Gasteiger partial charge in [0, 0.05) is 50.1 Å². The average Bonchev–Trinajstić information content (AvgIpc) is 3.79. The van der Waals surface area contributed by atoms with Crippen molar-refractivity contribution in [2.75, 3.05) is 4.90 Å². The molecule has 0 spiro atoms. The summed E-state index contributed by atoms with van der Waals surface area (Å²) in [5.74, 6) is 5.61. The smallest absolute Gasteiger partial charge is 0.0541 e. The van der Waals surface area contributed by atoms with E-state index in [1.807, 2.05) is 18.2 Å². The van der Waals surface area contributed by atoms with Crippen LogP contribution in [0.15, 0.2) is 206 Å². The van der Waals surface area contributed by atoms with Gasteiger partial charge in [-0.3, -0.25) is 0 Å². The number of anilines is 3. The van der Waals surface area contributed by atoms with Crippen LogP contribution in [0.25, 0.3) is 72.0 Å². The van der Waals surface area contributed by atoms with Crippen LogP contribution >= 0.6 is 0 Å². The van der Waals surface area contributed by atoms with Crippen molar-refractivity contribution in [3.63, 3.8) is 0 Å². The predicted molar refractivity (Wildman–Crippen MR) is 265 cm³/mol. The number of terminal acetylenes is 2. The summed E-state index contributed by atoms with van der Waals surface area (Å²) in [4.78, 5) is 2.39. The second kappa shape index (κ2) is 15.0. The first kappa shape index (κ1) is 37.7. The van der Waals surface area contributed by atoms with Gasteiger partial charge in [0.15, 0.2) is 0 Å². The first-order valence-electron chi connectivity index (χ1n) is 21.4. The zero-order chi connectivity index (χ0) is 42.7. The van der Waals surface area contributed by atoms with Gasteiger partial charge in [0.05, 0.1) is 11.0 Å². The van der Waals surface area contributed by atoms with E-state index < -0.39 is 0 Å². The lowest BCUT2D eigenvalue weighted by molar-refractivity contribution is 0.660. The Morgan fingerprint density at radius 2 is 1.00 bits per heavy atom. The Labute approximate surface area is 369 Å². The van der Waals surface area contributed by atoms with E-state index in [2.05, 4.69) is 223 Å². The summed E-state index contributed by atoms with van der Waals surface area (Å²) in [5, 5.41) is 2.39. The van der Waals surface area contributed by atoms with Crippen molar-refractivity contribution in [1.29, 1.82) is 0 Å². The van der Waals surface area contributed by atoms with E-state index in [-0.39, 0.29) is 5.41 Å². The normalized spacial score (nSPS) is 12.4. The molecule has 2 nitrogen and oxygen atoms in total. The van der Waals surface area contributed by atoms with Gasteiger partial charge >= 0.3 is 0 Å². The molecule has 11 rings (SSSR count). The summed E-state index contributed by atoms with van der Waals surface area (Å²) >= 11 is 0. The number of para-hydroxylation sites is 1. The zero-order valence-electron chi connectivity index (χ0n) is 35.2. The fourth-order valence-corrected chi connectivity index (χ4v) is 9.83. The molecule has 0 saturated heterocycles. The molecule has 10 aromatic rings. The van der Waals surface area contributed by atoms with Gasteiger partial charge in [-0.2, -0.15) is 0 Å². The second-order valence-electron chi connectivity index (χ2n) is 16.8. The highest BCUT2D eigenvalue weighted by molar-refractivity contribution is 6.10. The summed E-state index contributed by atoms with van der Waals surface area (Å²) in [6, 6.07) is 74.3. The van der Waals surface area contributed by atoms with Crippen LogP contribution in [0.3, 0.4) is 0 Å². The van der Waals surface area contributed by atoms with Crippen LogP contribution in [-0.2, 0) is 5.41 Å². The first-order valence-corrected chi connectivity index (χ1v) is 21.4. The maximum Gasteiger partial charge on any atom is 0.0541 e. The molecule has 63 heavy (non-hydrogen) atoms. The van der Waals surface area contributed by atoms with Gasteiger partial charge in [0.1, 0.15) is 0 Å². The lowest BCUT2D eigenvalue weighted by atomic mass is 9.82. The second-order valence-corrected chi connectivity index (χ2v) is 16.8. The lowest BCUT2D eigenvalue weighted by Crippen LogP contribution is -2.16. The minimum absolute atomic E-state index is 0.112. The Balaban J connectivity index is 0.988. The van der Waals surface area contributed by atoms with Crippen molar-refractivity contribution in [2.45, 2.75) is 19.3 Å². The number of fused-ring (bicyclic) bond motifs is 6.